The molecule has 0 radical (unpaired) electrons. The Morgan fingerprint density at radius 1 is 1.00 bits per heavy atom. The predicted molar refractivity (Wildman–Crippen MR) is 98.2 cm³/mol. The molecule has 0 saturated heterocycles. The molecule has 9 heteroatoms. The van der Waals surface area contributed by atoms with E-state index in [1.807, 2.05) is 0 Å². The third kappa shape index (κ3) is 7.40. The molecule has 0 atom stereocenters. The third-order valence-corrected chi connectivity index (χ3v) is 4.94. The molecule has 2 N–H and O–H groups in total. The summed E-state index contributed by atoms with van der Waals surface area (Å²) in [6, 6.07) is 0. The van der Waals surface area contributed by atoms with E-state index in [4.69, 9.17) is 14.6 Å². The van der Waals surface area contributed by atoms with Gasteiger partial charge in [-0.3, -0.25) is 24.1 Å². The van der Waals surface area contributed by atoms with E-state index in [1.165, 1.54) is 17.1 Å². The molecule has 0 aromatic heterocycles. The summed E-state index contributed by atoms with van der Waals surface area (Å²) in [5.41, 5.74) is 0. The summed E-state index contributed by atoms with van der Waals surface area (Å²) in [5.74, 6) is -1.18. The van der Waals surface area contributed by atoms with E-state index in [9.17, 15) is 19.2 Å². The Hall–Kier alpha value is -2.26. The second kappa shape index (κ2) is 11.6. The number of hydrogen-bond donors (Lipinski definition) is 2. The van der Waals surface area contributed by atoms with E-state index in [1.54, 1.807) is 0 Å². The maximum atomic E-state index is 12.2. The van der Waals surface area contributed by atoms with Crippen molar-refractivity contribution in [1.82, 2.24) is 10.2 Å². The SMILES string of the molecule is O=C(O)CCOCCOCCNC(=O)C1CCC(CN2C(=O)C=CC2=O)CC1. The zero-order chi connectivity index (χ0) is 20.4. The molecule has 1 saturated carbocycles. The van der Waals surface area contributed by atoms with Gasteiger partial charge in [-0.05, 0) is 31.6 Å². The lowest BCUT2D eigenvalue weighted by Crippen LogP contribution is -2.39. The highest BCUT2D eigenvalue weighted by Gasteiger charge is 2.31. The fourth-order valence-corrected chi connectivity index (χ4v) is 3.35. The van der Waals surface area contributed by atoms with Crippen molar-refractivity contribution < 1.29 is 33.8 Å². The molecule has 0 bridgehead atoms. The van der Waals surface area contributed by atoms with E-state index < -0.39 is 5.97 Å². The molecule has 1 aliphatic carbocycles. The first-order valence-electron chi connectivity index (χ1n) is 9.66. The van der Waals surface area contributed by atoms with Gasteiger partial charge in [-0.2, -0.15) is 0 Å². The number of aliphatic carboxylic acids is 1. The first kappa shape index (κ1) is 22.0. The maximum Gasteiger partial charge on any atom is 0.305 e. The number of carboxylic acids is 1. The van der Waals surface area contributed by atoms with Gasteiger partial charge >= 0.3 is 5.97 Å². The van der Waals surface area contributed by atoms with Crippen molar-refractivity contribution in [2.45, 2.75) is 32.1 Å². The maximum absolute atomic E-state index is 12.2. The van der Waals surface area contributed by atoms with Crippen LogP contribution < -0.4 is 5.32 Å². The van der Waals surface area contributed by atoms with Crippen molar-refractivity contribution in [3.63, 3.8) is 0 Å². The van der Waals surface area contributed by atoms with Crippen LogP contribution in [0.25, 0.3) is 0 Å². The summed E-state index contributed by atoms with van der Waals surface area (Å²) in [6.07, 6.45) is 5.70. The number of carbonyl (C=O) groups excluding carboxylic acids is 3. The molecule has 28 heavy (non-hydrogen) atoms. The van der Waals surface area contributed by atoms with Crippen LogP contribution in [0.2, 0.25) is 0 Å². The topological polar surface area (TPSA) is 122 Å². The van der Waals surface area contributed by atoms with Gasteiger partial charge in [-0.1, -0.05) is 0 Å². The van der Waals surface area contributed by atoms with Crippen molar-refractivity contribution in [1.29, 1.82) is 0 Å². The van der Waals surface area contributed by atoms with Gasteiger partial charge < -0.3 is 19.9 Å². The van der Waals surface area contributed by atoms with Crippen LogP contribution in [0.3, 0.4) is 0 Å². The van der Waals surface area contributed by atoms with Gasteiger partial charge in [0.2, 0.25) is 5.91 Å². The minimum atomic E-state index is -0.896. The second-order valence-electron chi connectivity index (χ2n) is 7.00. The lowest BCUT2D eigenvalue weighted by Gasteiger charge is -2.30. The zero-order valence-corrected chi connectivity index (χ0v) is 15.9. The van der Waals surface area contributed by atoms with Crippen LogP contribution in [0.5, 0.6) is 0 Å². The summed E-state index contributed by atoms with van der Waals surface area (Å²) in [7, 11) is 0. The van der Waals surface area contributed by atoms with Crippen molar-refractivity contribution in [2.24, 2.45) is 11.8 Å². The minimum absolute atomic E-state index is 0.00903. The summed E-state index contributed by atoms with van der Waals surface area (Å²) >= 11 is 0. The van der Waals surface area contributed by atoms with Crippen LogP contribution >= 0.6 is 0 Å². The fourth-order valence-electron chi connectivity index (χ4n) is 3.35. The van der Waals surface area contributed by atoms with Crippen molar-refractivity contribution in [3.05, 3.63) is 12.2 Å². The van der Waals surface area contributed by atoms with Crippen molar-refractivity contribution >= 4 is 23.7 Å². The Morgan fingerprint density at radius 3 is 2.21 bits per heavy atom. The molecule has 0 aromatic rings. The molecule has 0 aromatic carbocycles. The van der Waals surface area contributed by atoms with E-state index in [2.05, 4.69) is 5.32 Å². The Balaban J connectivity index is 1.50. The van der Waals surface area contributed by atoms with E-state index in [-0.39, 0.29) is 42.6 Å². The number of ether oxygens (including phenoxy) is 2. The fraction of sp³-hybridized carbons (Fsp3) is 0.684. The molecule has 9 nitrogen and oxygen atoms in total. The van der Waals surface area contributed by atoms with Gasteiger partial charge in [0.05, 0.1) is 32.8 Å². The molecule has 3 amide bonds. The monoisotopic (exact) mass is 396 g/mol. The predicted octanol–water partition coefficient (Wildman–Crippen LogP) is 0.342. The van der Waals surface area contributed by atoms with Gasteiger partial charge in [0.25, 0.3) is 11.8 Å². The number of amides is 3. The van der Waals surface area contributed by atoms with Gasteiger partial charge in [0.15, 0.2) is 0 Å². The molecular weight excluding hydrogens is 368 g/mol. The third-order valence-electron chi connectivity index (χ3n) is 4.94. The number of nitrogens with zero attached hydrogens (tertiary/aromatic N) is 1. The molecule has 1 aliphatic heterocycles. The average molecular weight is 396 g/mol. The standard InChI is InChI=1S/C19H28N2O7/c22-16-5-6-17(23)21(16)13-14-1-3-15(4-2-14)19(26)20-8-10-28-12-11-27-9-7-18(24)25/h5-6,14-15H,1-4,7-13H2,(H,20,26)(H,24,25). The van der Waals surface area contributed by atoms with Gasteiger partial charge in [0, 0.05) is 31.2 Å². The Kier molecular flexibility index (Phi) is 9.09. The van der Waals surface area contributed by atoms with Gasteiger partial charge in [-0.15, -0.1) is 0 Å². The van der Waals surface area contributed by atoms with E-state index >= 15 is 0 Å². The van der Waals surface area contributed by atoms with Crippen LogP contribution in [0.15, 0.2) is 12.2 Å². The second-order valence-corrected chi connectivity index (χ2v) is 7.00. The van der Waals surface area contributed by atoms with Crippen molar-refractivity contribution in [2.75, 3.05) is 39.5 Å². The molecular formula is C19H28N2O7. The highest BCUT2D eigenvalue weighted by molar-refractivity contribution is 6.12. The van der Waals surface area contributed by atoms with Gasteiger partial charge in [0.1, 0.15) is 0 Å². The van der Waals surface area contributed by atoms with Crippen LogP contribution in [-0.4, -0.2) is 73.2 Å². The number of carboxylic acid groups (broad SMARTS) is 1. The number of rotatable bonds is 12. The largest absolute Gasteiger partial charge is 0.481 e. The Bertz CT molecular complexity index is 579. The number of nitrogens with one attached hydrogen (secondary N) is 1. The molecule has 156 valence electrons. The smallest absolute Gasteiger partial charge is 0.305 e. The molecule has 2 aliphatic rings. The normalized spacial score (nSPS) is 21.9. The lowest BCUT2D eigenvalue weighted by atomic mass is 9.81. The summed E-state index contributed by atoms with van der Waals surface area (Å²) in [5, 5.41) is 11.3. The molecule has 2 rings (SSSR count). The van der Waals surface area contributed by atoms with Gasteiger partial charge in [-0.25, -0.2) is 0 Å². The average Bonchev–Trinajstić information content (AvgIpc) is 2.99. The minimum Gasteiger partial charge on any atom is -0.481 e. The quantitative estimate of drug-likeness (QED) is 0.360. The lowest BCUT2D eigenvalue weighted by molar-refractivity contribution is -0.139. The summed E-state index contributed by atoms with van der Waals surface area (Å²) in [6.45, 7) is 2.05. The number of imide groups is 1. The molecule has 0 spiro atoms. The Labute approximate surface area is 164 Å². The van der Waals surface area contributed by atoms with Crippen LogP contribution in [0.1, 0.15) is 32.1 Å². The zero-order valence-electron chi connectivity index (χ0n) is 15.9. The van der Waals surface area contributed by atoms with Crippen LogP contribution in [-0.2, 0) is 28.7 Å². The molecule has 1 heterocycles. The van der Waals surface area contributed by atoms with E-state index in [0.717, 1.165) is 25.7 Å². The molecule has 0 unspecified atom stereocenters. The van der Waals surface area contributed by atoms with E-state index in [0.29, 0.717) is 32.9 Å². The highest BCUT2D eigenvalue weighted by Crippen LogP contribution is 2.30. The highest BCUT2D eigenvalue weighted by atomic mass is 16.5. The Morgan fingerprint density at radius 2 is 1.61 bits per heavy atom. The first-order chi connectivity index (χ1) is 13.5. The molecule has 1 fully saturated rings. The first-order valence-corrected chi connectivity index (χ1v) is 9.66. The van der Waals surface area contributed by atoms with Crippen LogP contribution in [0, 0.1) is 11.8 Å². The summed E-state index contributed by atoms with van der Waals surface area (Å²) in [4.78, 5) is 47.0. The van der Waals surface area contributed by atoms with Crippen LogP contribution in [0.4, 0.5) is 0 Å². The number of hydrogen-bond acceptors (Lipinski definition) is 6. The number of carbonyl (C=O) groups is 4. The van der Waals surface area contributed by atoms with Crippen molar-refractivity contribution in [3.8, 4) is 0 Å². The summed E-state index contributed by atoms with van der Waals surface area (Å²) < 4.78 is 10.4.